The number of benzene rings is 1. The van der Waals surface area contributed by atoms with Crippen LogP contribution in [0.2, 0.25) is 0 Å². The fraction of sp³-hybridized carbons (Fsp3) is 0.222. The summed E-state index contributed by atoms with van der Waals surface area (Å²) in [5.74, 6) is 0.185. The average molecular weight is 371 g/mol. The molecule has 0 bridgehead atoms. The monoisotopic (exact) mass is 371 g/mol. The number of hydrogen-bond donors (Lipinski definition) is 2. The molecule has 3 aromatic rings. The molecule has 1 fully saturated rings. The molecule has 134 valence electrons. The first-order valence-corrected chi connectivity index (χ1v) is 9.01. The number of aromatic nitrogens is 2. The van der Waals surface area contributed by atoms with Gasteiger partial charge in [-0.15, -0.1) is 0 Å². The second-order valence-electron chi connectivity index (χ2n) is 5.75. The number of hydrogen-bond acceptors (Lipinski definition) is 6. The van der Waals surface area contributed by atoms with Crippen LogP contribution in [0.4, 0.5) is 5.88 Å². The predicted octanol–water partition coefficient (Wildman–Crippen LogP) is 3.21. The number of para-hydroxylation sites is 2. The van der Waals surface area contributed by atoms with Crippen LogP contribution in [0.1, 0.15) is 5.76 Å². The molecule has 0 radical (unpaired) electrons. The number of rotatable bonds is 5. The molecule has 2 aromatic heterocycles. The zero-order chi connectivity index (χ0) is 17.9. The van der Waals surface area contributed by atoms with Crippen LogP contribution in [0, 0.1) is 0 Å². The van der Waals surface area contributed by atoms with Crippen LogP contribution >= 0.6 is 11.8 Å². The highest BCUT2D eigenvalue weighted by Crippen LogP contribution is 2.29. The number of carboxylic acid groups (broad SMARTS) is 1. The van der Waals surface area contributed by atoms with Crippen molar-refractivity contribution in [1.29, 1.82) is 0 Å². The Balaban J connectivity index is 1.55. The van der Waals surface area contributed by atoms with Crippen molar-refractivity contribution in [3.63, 3.8) is 0 Å². The third-order valence-electron chi connectivity index (χ3n) is 3.99. The van der Waals surface area contributed by atoms with E-state index >= 15 is 0 Å². The van der Waals surface area contributed by atoms with Gasteiger partial charge in [-0.25, -0.2) is 9.78 Å². The maximum atomic E-state index is 11.6. The quantitative estimate of drug-likeness (QED) is 0.525. The number of fused-ring (bicyclic) bond motifs is 1. The molecule has 3 heterocycles. The van der Waals surface area contributed by atoms with Gasteiger partial charge >= 0.3 is 5.97 Å². The van der Waals surface area contributed by atoms with E-state index in [1.807, 2.05) is 30.3 Å². The molecule has 4 rings (SSSR count). The predicted molar refractivity (Wildman–Crippen MR) is 99.3 cm³/mol. The fourth-order valence-corrected chi connectivity index (χ4v) is 3.50. The van der Waals surface area contributed by atoms with Gasteiger partial charge in [0.05, 0.1) is 24.2 Å². The first-order valence-electron chi connectivity index (χ1n) is 8.19. The standard InChI is InChI=1S/C18H17N3O4S/c22-17(23)15(26-18-19-13-3-1-2-4-14(13)20-18)11-12-5-6-16(25-12)21-7-9-24-10-8-21/h1-6,11H,7-10H2,(H,19,20)(H,22,23)/b15-11-. The minimum atomic E-state index is -1.03. The number of H-pyrrole nitrogens is 1. The lowest BCUT2D eigenvalue weighted by molar-refractivity contribution is -0.131. The normalized spacial score (nSPS) is 15.5. The van der Waals surface area contributed by atoms with Gasteiger partial charge < -0.3 is 24.1 Å². The molecule has 7 nitrogen and oxygen atoms in total. The molecule has 0 atom stereocenters. The molecule has 0 spiro atoms. The SMILES string of the molecule is O=C(O)/C(=C/c1ccc(N2CCOCC2)o1)Sc1nc2ccccc2[nH]1. The zero-order valence-corrected chi connectivity index (χ0v) is 14.7. The Morgan fingerprint density at radius 3 is 2.81 bits per heavy atom. The van der Waals surface area contributed by atoms with Crippen molar-refractivity contribution in [3.8, 4) is 0 Å². The van der Waals surface area contributed by atoms with E-state index in [0.29, 0.717) is 24.1 Å². The highest BCUT2D eigenvalue weighted by Gasteiger charge is 2.17. The van der Waals surface area contributed by atoms with Crippen molar-refractivity contribution in [1.82, 2.24) is 9.97 Å². The van der Waals surface area contributed by atoms with E-state index in [1.54, 1.807) is 6.07 Å². The minimum absolute atomic E-state index is 0.131. The highest BCUT2D eigenvalue weighted by molar-refractivity contribution is 8.04. The Bertz CT molecular complexity index is 923. The van der Waals surface area contributed by atoms with Gasteiger partial charge in [-0.05, 0) is 30.0 Å². The van der Waals surface area contributed by atoms with Crippen LogP contribution in [0.5, 0.6) is 0 Å². The smallest absolute Gasteiger partial charge is 0.342 e. The van der Waals surface area contributed by atoms with Crippen molar-refractivity contribution in [2.45, 2.75) is 5.16 Å². The molecule has 0 amide bonds. The number of aromatic amines is 1. The van der Waals surface area contributed by atoms with Crippen LogP contribution in [0.3, 0.4) is 0 Å². The third-order valence-corrected chi connectivity index (χ3v) is 4.89. The van der Waals surface area contributed by atoms with Gasteiger partial charge in [0, 0.05) is 25.2 Å². The summed E-state index contributed by atoms with van der Waals surface area (Å²) >= 11 is 1.06. The maximum absolute atomic E-state index is 11.6. The van der Waals surface area contributed by atoms with E-state index in [2.05, 4.69) is 14.9 Å². The Morgan fingerprint density at radius 2 is 2.04 bits per heavy atom. The zero-order valence-electron chi connectivity index (χ0n) is 13.8. The van der Waals surface area contributed by atoms with E-state index in [1.165, 1.54) is 6.08 Å². The van der Waals surface area contributed by atoms with E-state index in [0.717, 1.165) is 41.8 Å². The van der Waals surface area contributed by atoms with Crippen LogP contribution < -0.4 is 4.90 Å². The van der Waals surface area contributed by atoms with Crippen LogP contribution in [0.25, 0.3) is 17.1 Å². The number of thioether (sulfide) groups is 1. The lowest BCUT2D eigenvalue weighted by atomic mass is 10.3. The molecule has 1 aliphatic heterocycles. The second kappa shape index (κ2) is 7.27. The Hall–Kier alpha value is -2.71. The molecule has 1 aliphatic rings. The lowest BCUT2D eigenvalue weighted by Crippen LogP contribution is -2.35. The number of imidazole rings is 1. The lowest BCUT2D eigenvalue weighted by Gasteiger charge is -2.26. The number of nitrogens with one attached hydrogen (secondary N) is 1. The third kappa shape index (κ3) is 3.61. The van der Waals surface area contributed by atoms with Gasteiger partial charge in [0.15, 0.2) is 11.0 Å². The Kier molecular flexibility index (Phi) is 4.68. The van der Waals surface area contributed by atoms with E-state index in [-0.39, 0.29) is 4.91 Å². The molecule has 0 aliphatic carbocycles. The van der Waals surface area contributed by atoms with Crippen molar-refractivity contribution >= 4 is 40.7 Å². The summed E-state index contributed by atoms with van der Waals surface area (Å²) in [5.41, 5.74) is 1.67. The molecule has 26 heavy (non-hydrogen) atoms. The topological polar surface area (TPSA) is 91.6 Å². The second-order valence-corrected chi connectivity index (χ2v) is 6.78. The van der Waals surface area contributed by atoms with Crippen molar-refractivity contribution < 1.29 is 19.1 Å². The Morgan fingerprint density at radius 1 is 1.23 bits per heavy atom. The minimum Gasteiger partial charge on any atom is -0.477 e. The van der Waals surface area contributed by atoms with Gasteiger partial charge in [0.1, 0.15) is 10.7 Å². The number of ether oxygens (including phenoxy) is 1. The van der Waals surface area contributed by atoms with Crippen LogP contribution in [-0.4, -0.2) is 47.3 Å². The number of aliphatic carboxylic acids is 1. The molecular weight excluding hydrogens is 354 g/mol. The number of anilines is 1. The number of furan rings is 1. The van der Waals surface area contributed by atoms with Gasteiger partial charge in [-0.3, -0.25) is 0 Å². The number of nitrogens with zero attached hydrogens (tertiary/aromatic N) is 2. The molecule has 1 saturated heterocycles. The molecule has 1 aromatic carbocycles. The molecule has 0 saturated carbocycles. The maximum Gasteiger partial charge on any atom is 0.342 e. The molecular formula is C18H17N3O4S. The van der Waals surface area contributed by atoms with E-state index < -0.39 is 5.97 Å². The molecule has 8 heteroatoms. The Labute approximate surface area is 153 Å². The summed E-state index contributed by atoms with van der Waals surface area (Å²) in [6, 6.07) is 11.2. The summed E-state index contributed by atoms with van der Waals surface area (Å²) in [7, 11) is 0. The summed E-state index contributed by atoms with van der Waals surface area (Å²) in [5, 5.41) is 10.1. The van der Waals surface area contributed by atoms with Gasteiger partial charge in [0.25, 0.3) is 0 Å². The fourth-order valence-electron chi connectivity index (χ4n) is 2.72. The average Bonchev–Trinajstić information content (AvgIpc) is 3.28. The number of morpholine rings is 1. The number of carboxylic acids is 1. The largest absolute Gasteiger partial charge is 0.477 e. The van der Waals surface area contributed by atoms with Gasteiger partial charge in [-0.1, -0.05) is 12.1 Å². The highest BCUT2D eigenvalue weighted by atomic mass is 32.2. The molecule has 2 N–H and O–H groups in total. The van der Waals surface area contributed by atoms with E-state index in [4.69, 9.17) is 9.15 Å². The van der Waals surface area contributed by atoms with Gasteiger partial charge in [-0.2, -0.15) is 0 Å². The van der Waals surface area contributed by atoms with E-state index in [9.17, 15) is 9.90 Å². The summed E-state index contributed by atoms with van der Waals surface area (Å²) in [6.07, 6.45) is 1.52. The van der Waals surface area contributed by atoms with Crippen molar-refractivity contribution in [3.05, 3.63) is 47.1 Å². The first-order chi connectivity index (χ1) is 12.7. The summed E-state index contributed by atoms with van der Waals surface area (Å²) in [6.45, 7) is 2.84. The first kappa shape index (κ1) is 16.7. The van der Waals surface area contributed by atoms with Gasteiger partial charge in [0.2, 0.25) is 0 Å². The van der Waals surface area contributed by atoms with Crippen molar-refractivity contribution in [2.24, 2.45) is 0 Å². The number of carbonyl (C=O) groups is 1. The molecule has 0 unspecified atom stereocenters. The summed E-state index contributed by atoms with van der Waals surface area (Å²) < 4.78 is 11.1. The summed E-state index contributed by atoms with van der Waals surface area (Å²) in [4.78, 5) is 21.4. The van der Waals surface area contributed by atoms with Crippen LogP contribution in [-0.2, 0) is 9.53 Å². The van der Waals surface area contributed by atoms with Crippen molar-refractivity contribution in [2.75, 3.05) is 31.2 Å². The van der Waals surface area contributed by atoms with Crippen LogP contribution in [0.15, 0.2) is 50.9 Å².